The van der Waals surface area contributed by atoms with Gasteiger partial charge in [0.1, 0.15) is 0 Å². The van der Waals surface area contributed by atoms with E-state index in [1.807, 2.05) is 37.3 Å². The van der Waals surface area contributed by atoms with Crippen LogP contribution in [0.15, 0.2) is 54.6 Å². The van der Waals surface area contributed by atoms with Crippen LogP contribution in [0.25, 0.3) is 0 Å². The molecule has 3 rings (SSSR count). The van der Waals surface area contributed by atoms with Crippen molar-refractivity contribution in [1.82, 2.24) is 4.90 Å². The molecule has 0 radical (unpaired) electrons. The van der Waals surface area contributed by atoms with Crippen LogP contribution in [0.2, 0.25) is 0 Å². The quantitative estimate of drug-likeness (QED) is 0.722. The molecule has 146 valence electrons. The number of rotatable bonds is 6. The number of likely N-dealkylation sites (N-methyl/N-ethyl adjacent to an activating group) is 1. The summed E-state index contributed by atoms with van der Waals surface area (Å²) in [6.07, 6.45) is 1.34. The molecule has 2 aromatic carbocycles. The van der Waals surface area contributed by atoms with Crippen LogP contribution in [-0.4, -0.2) is 42.9 Å². The molecule has 6 heteroatoms. The van der Waals surface area contributed by atoms with Crippen LogP contribution in [0.1, 0.15) is 41.7 Å². The monoisotopic (exact) mass is 380 g/mol. The summed E-state index contributed by atoms with van der Waals surface area (Å²) in [6, 6.07) is 16.3. The molecule has 0 aliphatic carbocycles. The molecule has 28 heavy (non-hydrogen) atoms. The Balaban J connectivity index is 1.59. The first kappa shape index (κ1) is 19.6. The van der Waals surface area contributed by atoms with Gasteiger partial charge in [0.05, 0.1) is 11.6 Å². The second kappa shape index (κ2) is 8.69. The summed E-state index contributed by atoms with van der Waals surface area (Å²) in [5.74, 6) is -0.810. The first-order valence-corrected chi connectivity index (χ1v) is 9.35. The zero-order valence-electron chi connectivity index (χ0n) is 16.1. The lowest BCUT2D eigenvalue weighted by Gasteiger charge is -2.25. The molecule has 0 spiro atoms. The van der Waals surface area contributed by atoms with E-state index < -0.39 is 5.97 Å². The summed E-state index contributed by atoms with van der Waals surface area (Å²) in [5, 5.41) is 0. The van der Waals surface area contributed by atoms with Gasteiger partial charge in [0.2, 0.25) is 5.91 Å². The van der Waals surface area contributed by atoms with Gasteiger partial charge in [-0.25, -0.2) is 4.79 Å². The molecular weight excluding hydrogens is 356 g/mol. The third-order valence-electron chi connectivity index (χ3n) is 5.05. The van der Waals surface area contributed by atoms with E-state index in [0.717, 1.165) is 12.0 Å². The molecule has 2 aromatic rings. The summed E-state index contributed by atoms with van der Waals surface area (Å²) < 4.78 is 5.21. The van der Waals surface area contributed by atoms with Crippen molar-refractivity contribution in [2.45, 2.75) is 25.8 Å². The molecule has 0 unspecified atom stereocenters. The van der Waals surface area contributed by atoms with Crippen LogP contribution in [0, 0.1) is 0 Å². The van der Waals surface area contributed by atoms with Crippen molar-refractivity contribution in [2.24, 2.45) is 0 Å². The molecule has 1 aliphatic rings. The fourth-order valence-corrected chi connectivity index (χ4v) is 3.21. The SMILES string of the molecule is C[C@H](c1ccccc1)N(C)C(=O)COC(=O)c1cccc(N2CCCC2=O)c1. The lowest BCUT2D eigenvalue weighted by molar-refractivity contribution is -0.135. The maximum absolute atomic E-state index is 12.4. The highest BCUT2D eigenvalue weighted by molar-refractivity contribution is 5.97. The Morgan fingerprint density at radius 2 is 1.89 bits per heavy atom. The molecule has 6 nitrogen and oxygen atoms in total. The Morgan fingerprint density at radius 1 is 1.14 bits per heavy atom. The average molecular weight is 380 g/mol. The fourth-order valence-electron chi connectivity index (χ4n) is 3.21. The first-order chi connectivity index (χ1) is 13.5. The van der Waals surface area contributed by atoms with Crippen molar-refractivity contribution in [3.8, 4) is 0 Å². The molecule has 1 atom stereocenters. The third kappa shape index (κ3) is 4.39. The van der Waals surface area contributed by atoms with Gasteiger partial charge in [-0.3, -0.25) is 9.59 Å². The zero-order chi connectivity index (χ0) is 20.1. The number of benzene rings is 2. The molecule has 0 bridgehead atoms. The molecule has 1 saturated heterocycles. The van der Waals surface area contributed by atoms with Crippen molar-refractivity contribution in [3.63, 3.8) is 0 Å². The molecule has 0 aromatic heterocycles. The van der Waals surface area contributed by atoms with Crippen molar-refractivity contribution in [3.05, 3.63) is 65.7 Å². The lowest BCUT2D eigenvalue weighted by atomic mass is 10.1. The highest BCUT2D eigenvalue weighted by Crippen LogP contribution is 2.23. The number of hydrogen-bond acceptors (Lipinski definition) is 4. The fraction of sp³-hybridized carbons (Fsp3) is 0.318. The van der Waals surface area contributed by atoms with Crippen LogP contribution in [0.3, 0.4) is 0 Å². The van der Waals surface area contributed by atoms with Crippen LogP contribution in [-0.2, 0) is 14.3 Å². The Bertz CT molecular complexity index is 866. The number of carbonyl (C=O) groups is 3. The van der Waals surface area contributed by atoms with Gasteiger partial charge < -0.3 is 14.5 Å². The zero-order valence-corrected chi connectivity index (χ0v) is 16.1. The number of esters is 1. The topological polar surface area (TPSA) is 66.9 Å². The lowest BCUT2D eigenvalue weighted by Crippen LogP contribution is -2.33. The van der Waals surface area contributed by atoms with E-state index in [1.54, 1.807) is 41.1 Å². The Labute approximate surface area is 164 Å². The van der Waals surface area contributed by atoms with E-state index in [2.05, 4.69) is 0 Å². The number of amides is 2. The van der Waals surface area contributed by atoms with Crippen LogP contribution in [0.5, 0.6) is 0 Å². The highest BCUT2D eigenvalue weighted by atomic mass is 16.5. The molecule has 1 heterocycles. The average Bonchev–Trinajstić information content (AvgIpc) is 3.17. The predicted octanol–water partition coefficient (Wildman–Crippen LogP) is 3.19. The normalized spacial score (nSPS) is 14.6. The van der Waals surface area contributed by atoms with Crippen molar-refractivity contribution < 1.29 is 19.1 Å². The van der Waals surface area contributed by atoms with Gasteiger partial charge in [-0.2, -0.15) is 0 Å². The summed E-state index contributed by atoms with van der Waals surface area (Å²) in [6.45, 7) is 2.24. The van der Waals surface area contributed by atoms with E-state index in [1.165, 1.54) is 0 Å². The molecular formula is C22H24N2O4. The van der Waals surface area contributed by atoms with Crippen LogP contribution in [0.4, 0.5) is 5.69 Å². The van der Waals surface area contributed by atoms with Gasteiger partial charge in [-0.15, -0.1) is 0 Å². The second-order valence-electron chi connectivity index (χ2n) is 6.87. The third-order valence-corrected chi connectivity index (χ3v) is 5.05. The second-order valence-corrected chi connectivity index (χ2v) is 6.87. The van der Waals surface area contributed by atoms with Crippen LogP contribution < -0.4 is 4.90 Å². The molecule has 0 saturated carbocycles. The maximum Gasteiger partial charge on any atom is 0.338 e. The predicted molar refractivity (Wildman–Crippen MR) is 106 cm³/mol. The number of anilines is 1. The number of carbonyl (C=O) groups excluding carboxylic acids is 3. The van der Waals surface area contributed by atoms with E-state index in [0.29, 0.717) is 24.2 Å². The van der Waals surface area contributed by atoms with Crippen molar-refractivity contribution in [2.75, 3.05) is 25.1 Å². The van der Waals surface area contributed by atoms with E-state index in [4.69, 9.17) is 4.74 Å². The number of hydrogen-bond donors (Lipinski definition) is 0. The van der Waals surface area contributed by atoms with Gasteiger partial charge in [0.25, 0.3) is 5.91 Å². The smallest absolute Gasteiger partial charge is 0.338 e. The first-order valence-electron chi connectivity index (χ1n) is 9.35. The standard InChI is InChI=1S/C22H24N2O4/c1-16(17-8-4-3-5-9-17)23(2)21(26)15-28-22(27)18-10-6-11-19(14-18)24-13-7-12-20(24)25/h3-6,8-11,14,16H,7,12-13,15H2,1-2H3/t16-/m1/s1. The Morgan fingerprint density at radius 3 is 2.57 bits per heavy atom. The van der Waals surface area contributed by atoms with Gasteiger partial charge in [0.15, 0.2) is 6.61 Å². The van der Waals surface area contributed by atoms with Gasteiger partial charge in [-0.05, 0) is 37.1 Å². The summed E-state index contributed by atoms with van der Waals surface area (Å²) >= 11 is 0. The van der Waals surface area contributed by atoms with Crippen LogP contribution >= 0.6 is 0 Å². The van der Waals surface area contributed by atoms with Gasteiger partial charge >= 0.3 is 5.97 Å². The van der Waals surface area contributed by atoms with E-state index >= 15 is 0 Å². The van der Waals surface area contributed by atoms with Crippen molar-refractivity contribution in [1.29, 1.82) is 0 Å². The maximum atomic E-state index is 12.4. The van der Waals surface area contributed by atoms with Gasteiger partial charge in [0, 0.05) is 25.7 Å². The molecule has 1 fully saturated rings. The minimum Gasteiger partial charge on any atom is -0.452 e. The molecule has 2 amide bonds. The summed E-state index contributed by atoms with van der Waals surface area (Å²) in [5.41, 5.74) is 2.01. The van der Waals surface area contributed by atoms with E-state index in [-0.39, 0.29) is 24.5 Å². The number of ether oxygens (including phenoxy) is 1. The summed E-state index contributed by atoms with van der Waals surface area (Å²) in [7, 11) is 1.69. The number of nitrogens with zero attached hydrogens (tertiary/aromatic N) is 2. The van der Waals surface area contributed by atoms with Crippen molar-refractivity contribution >= 4 is 23.5 Å². The van der Waals surface area contributed by atoms with E-state index in [9.17, 15) is 14.4 Å². The highest BCUT2D eigenvalue weighted by Gasteiger charge is 2.23. The minimum atomic E-state index is -0.581. The molecule has 0 N–H and O–H groups in total. The molecule has 1 aliphatic heterocycles. The Kier molecular flexibility index (Phi) is 6.09. The summed E-state index contributed by atoms with van der Waals surface area (Å²) in [4.78, 5) is 39.9. The largest absolute Gasteiger partial charge is 0.452 e. The minimum absolute atomic E-state index is 0.0530. The van der Waals surface area contributed by atoms with Gasteiger partial charge in [-0.1, -0.05) is 36.4 Å². The Hall–Kier alpha value is -3.15.